The minimum atomic E-state index is -3.54. The van der Waals surface area contributed by atoms with Gasteiger partial charge in [-0.3, -0.25) is 4.79 Å². The van der Waals surface area contributed by atoms with Crippen molar-refractivity contribution in [3.05, 3.63) is 34.9 Å². The number of rotatable bonds is 8. The van der Waals surface area contributed by atoms with E-state index >= 15 is 0 Å². The summed E-state index contributed by atoms with van der Waals surface area (Å²) >= 11 is 6.05. The van der Waals surface area contributed by atoms with Crippen LogP contribution in [-0.4, -0.2) is 64.4 Å². The molecule has 1 atom stereocenters. The topological polar surface area (TPSA) is 87.7 Å². The first-order chi connectivity index (χ1) is 11.9. The molecule has 1 saturated heterocycles. The molecule has 26 heavy (non-hydrogen) atoms. The fourth-order valence-corrected chi connectivity index (χ4v) is 3.70. The van der Waals surface area contributed by atoms with Crippen LogP contribution in [-0.2, 0) is 19.6 Å². The normalized spacial score (nSPS) is 17.6. The first-order valence-electron chi connectivity index (χ1n) is 8.23. The van der Waals surface area contributed by atoms with Gasteiger partial charge in [-0.15, -0.1) is 12.4 Å². The SMILES string of the molecule is CCOCCS(=O)(=O)NCC(=O)N1CCNCC1c1cccc(Cl)c1.Cl. The second-order valence-electron chi connectivity index (χ2n) is 5.70. The van der Waals surface area contributed by atoms with Crippen LogP contribution >= 0.6 is 24.0 Å². The van der Waals surface area contributed by atoms with E-state index in [1.807, 2.05) is 18.2 Å². The number of nitrogens with one attached hydrogen (secondary N) is 2. The van der Waals surface area contributed by atoms with Gasteiger partial charge in [0.15, 0.2) is 0 Å². The number of hydrogen-bond acceptors (Lipinski definition) is 5. The Hall–Kier alpha value is -0.900. The standard InChI is InChI=1S/C16H24ClN3O4S.ClH/c1-2-24-8-9-25(22,23)19-12-16(21)20-7-6-18-11-15(20)13-4-3-5-14(17)10-13;/h3-5,10,15,18-19H,2,6-9,11-12H2,1H3;1H. The van der Waals surface area contributed by atoms with Crippen LogP contribution < -0.4 is 10.0 Å². The minimum absolute atomic E-state index is 0. The van der Waals surface area contributed by atoms with Gasteiger partial charge in [0.05, 0.1) is 24.9 Å². The molecule has 0 radical (unpaired) electrons. The fourth-order valence-electron chi connectivity index (χ4n) is 2.67. The summed E-state index contributed by atoms with van der Waals surface area (Å²) in [5.41, 5.74) is 0.923. The summed E-state index contributed by atoms with van der Waals surface area (Å²) < 4.78 is 31.2. The maximum Gasteiger partial charge on any atom is 0.238 e. The van der Waals surface area contributed by atoms with Gasteiger partial charge >= 0.3 is 0 Å². The van der Waals surface area contributed by atoms with Crippen molar-refractivity contribution in [1.29, 1.82) is 0 Å². The zero-order valence-electron chi connectivity index (χ0n) is 14.6. The van der Waals surface area contributed by atoms with Crippen molar-refractivity contribution < 1.29 is 17.9 Å². The summed E-state index contributed by atoms with van der Waals surface area (Å²) in [6, 6.07) is 7.18. The van der Waals surface area contributed by atoms with Crippen LogP contribution in [0.3, 0.4) is 0 Å². The van der Waals surface area contributed by atoms with Crippen molar-refractivity contribution in [3.8, 4) is 0 Å². The summed E-state index contributed by atoms with van der Waals surface area (Å²) in [5, 5.41) is 3.86. The monoisotopic (exact) mass is 425 g/mol. The average Bonchev–Trinajstić information content (AvgIpc) is 2.60. The number of piperazine rings is 1. The van der Waals surface area contributed by atoms with Crippen LogP contribution in [0.4, 0.5) is 0 Å². The Labute approximate surface area is 165 Å². The van der Waals surface area contributed by atoms with E-state index in [0.29, 0.717) is 31.3 Å². The molecule has 2 rings (SSSR count). The third-order valence-electron chi connectivity index (χ3n) is 3.94. The van der Waals surface area contributed by atoms with Gasteiger partial charge in [-0.1, -0.05) is 23.7 Å². The van der Waals surface area contributed by atoms with E-state index in [1.54, 1.807) is 17.9 Å². The first-order valence-corrected chi connectivity index (χ1v) is 10.3. The Morgan fingerprint density at radius 1 is 1.46 bits per heavy atom. The molecule has 0 saturated carbocycles. The van der Waals surface area contributed by atoms with Gasteiger partial charge in [0.25, 0.3) is 0 Å². The van der Waals surface area contributed by atoms with Crippen LogP contribution in [0.2, 0.25) is 5.02 Å². The second kappa shape index (κ2) is 11.1. The van der Waals surface area contributed by atoms with Gasteiger partial charge in [0, 0.05) is 31.3 Å². The highest BCUT2D eigenvalue weighted by Crippen LogP contribution is 2.24. The van der Waals surface area contributed by atoms with Crippen molar-refractivity contribution in [2.45, 2.75) is 13.0 Å². The number of halogens is 2. The number of carbonyl (C=O) groups excluding carboxylic acids is 1. The molecule has 1 aliphatic rings. The molecule has 1 unspecified atom stereocenters. The molecular weight excluding hydrogens is 401 g/mol. The molecule has 0 aliphatic carbocycles. The third kappa shape index (κ3) is 7.02. The van der Waals surface area contributed by atoms with E-state index in [2.05, 4.69) is 10.0 Å². The smallest absolute Gasteiger partial charge is 0.238 e. The van der Waals surface area contributed by atoms with E-state index in [0.717, 1.165) is 5.56 Å². The maximum absolute atomic E-state index is 12.6. The molecule has 7 nitrogen and oxygen atoms in total. The number of nitrogens with zero attached hydrogens (tertiary/aromatic N) is 1. The van der Waals surface area contributed by atoms with E-state index in [4.69, 9.17) is 16.3 Å². The lowest BCUT2D eigenvalue weighted by Crippen LogP contribution is -2.51. The van der Waals surface area contributed by atoms with Crippen LogP contribution in [0.15, 0.2) is 24.3 Å². The highest BCUT2D eigenvalue weighted by molar-refractivity contribution is 7.89. The van der Waals surface area contributed by atoms with Crippen molar-refractivity contribution in [2.75, 3.05) is 45.1 Å². The largest absolute Gasteiger partial charge is 0.381 e. The van der Waals surface area contributed by atoms with Crippen molar-refractivity contribution in [2.24, 2.45) is 0 Å². The zero-order valence-corrected chi connectivity index (χ0v) is 17.0. The second-order valence-corrected chi connectivity index (χ2v) is 8.06. The molecule has 1 amide bonds. The fraction of sp³-hybridized carbons (Fsp3) is 0.562. The summed E-state index contributed by atoms with van der Waals surface area (Å²) in [4.78, 5) is 14.2. The molecule has 2 N–H and O–H groups in total. The lowest BCUT2D eigenvalue weighted by Gasteiger charge is -2.36. The number of ether oxygens (including phenoxy) is 1. The Bertz CT molecular complexity index is 688. The Morgan fingerprint density at radius 3 is 2.92 bits per heavy atom. The summed E-state index contributed by atoms with van der Waals surface area (Å²) in [7, 11) is -3.54. The molecule has 0 spiro atoms. The van der Waals surface area contributed by atoms with Gasteiger partial charge in [0.1, 0.15) is 0 Å². The summed E-state index contributed by atoms with van der Waals surface area (Å²) in [6.45, 7) is 3.88. The van der Waals surface area contributed by atoms with E-state index < -0.39 is 10.0 Å². The van der Waals surface area contributed by atoms with Gasteiger partial charge in [-0.05, 0) is 24.6 Å². The number of carbonyl (C=O) groups is 1. The minimum Gasteiger partial charge on any atom is -0.381 e. The van der Waals surface area contributed by atoms with Crippen LogP contribution in [0.5, 0.6) is 0 Å². The predicted molar refractivity (Wildman–Crippen MR) is 104 cm³/mol. The summed E-state index contributed by atoms with van der Waals surface area (Å²) in [6.07, 6.45) is 0. The van der Waals surface area contributed by atoms with E-state index in [1.165, 1.54) is 0 Å². The van der Waals surface area contributed by atoms with Crippen LogP contribution in [0.1, 0.15) is 18.5 Å². The van der Waals surface area contributed by atoms with Gasteiger partial charge in [-0.2, -0.15) is 0 Å². The van der Waals surface area contributed by atoms with Gasteiger partial charge < -0.3 is 15.0 Å². The average molecular weight is 426 g/mol. The zero-order chi connectivity index (χ0) is 18.3. The number of benzene rings is 1. The Kier molecular flexibility index (Phi) is 9.84. The highest BCUT2D eigenvalue weighted by Gasteiger charge is 2.28. The molecule has 148 valence electrons. The summed E-state index contributed by atoms with van der Waals surface area (Å²) in [5.74, 6) is -0.417. The van der Waals surface area contributed by atoms with E-state index in [-0.39, 0.29) is 43.3 Å². The lowest BCUT2D eigenvalue weighted by atomic mass is 10.0. The molecule has 10 heteroatoms. The van der Waals surface area contributed by atoms with Gasteiger partial charge in [-0.25, -0.2) is 13.1 Å². The van der Waals surface area contributed by atoms with Crippen LogP contribution in [0, 0.1) is 0 Å². The molecule has 1 aliphatic heterocycles. The van der Waals surface area contributed by atoms with Gasteiger partial charge in [0.2, 0.25) is 15.9 Å². The highest BCUT2D eigenvalue weighted by atomic mass is 35.5. The van der Waals surface area contributed by atoms with Crippen molar-refractivity contribution >= 4 is 39.9 Å². The Morgan fingerprint density at radius 2 is 2.23 bits per heavy atom. The third-order valence-corrected chi connectivity index (χ3v) is 5.46. The molecule has 1 heterocycles. The number of sulfonamides is 1. The number of hydrogen-bond donors (Lipinski definition) is 2. The molecule has 1 fully saturated rings. The molecule has 1 aromatic rings. The van der Waals surface area contributed by atoms with E-state index in [9.17, 15) is 13.2 Å². The Balaban J connectivity index is 0.00000338. The molecule has 0 aromatic heterocycles. The van der Waals surface area contributed by atoms with Crippen molar-refractivity contribution in [3.63, 3.8) is 0 Å². The first kappa shape index (κ1) is 23.1. The molecular formula is C16H25Cl2N3O4S. The van der Waals surface area contributed by atoms with Crippen LogP contribution in [0.25, 0.3) is 0 Å². The maximum atomic E-state index is 12.6. The molecule has 0 bridgehead atoms. The quantitative estimate of drug-likeness (QED) is 0.610. The number of amides is 1. The predicted octanol–water partition coefficient (Wildman–Crippen LogP) is 1.19. The van der Waals surface area contributed by atoms with Crippen molar-refractivity contribution in [1.82, 2.24) is 14.9 Å². The lowest BCUT2D eigenvalue weighted by molar-refractivity contribution is -0.133. The molecule has 1 aromatic carbocycles.